The number of amides is 3. The summed E-state index contributed by atoms with van der Waals surface area (Å²) in [5.74, 6) is -2.10. The number of phenolic OH excluding ortho intramolecular Hbond substituents is 1. The molecule has 10 nitrogen and oxygen atoms in total. The molecule has 0 saturated heterocycles. The average Bonchev–Trinajstić information content (AvgIpc) is 2.86. The van der Waals surface area contributed by atoms with Gasteiger partial charge in [0.25, 0.3) is 0 Å². The van der Waals surface area contributed by atoms with Crippen LogP contribution in [0.4, 0.5) is 0 Å². The molecule has 4 atom stereocenters. The summed E-state index contributed by atoms with van der Waals surface area (Å²) in [4.78, 5) is 52.2. The smallest absolute Gasteiger partial charge is 0.305 e. The Morgan fingerprint density at radius 2 is 1.68 bits per heavy atom. The molecule has 37 heavy (non-hydrogen) atoms. The Balaban J connectivity index is 3.27. The molecule has 0 aliphatic rings. The molecular weight excluding hydrogens is 476 g/mol. The normalized spacial score (nSPS) is 14.4. The quantitative estimate of drug-likeness (QED) is 0.191. The minimum absolute atomic E-state index is 0.0802. The van der Waals surface area contributed by atoms with Crippen molar-refractivity contribution in [1.29, 1.82) is 0 Å². The first-order valence-corrected chi connectivity index (χ1v) is 12.9. The lowest BCUT2D eigenvalue weighted by molar-refractivity contribution is -0.144. The molecular formula is C27H44N4O6. The molecule has 0 unspecified atom stereocenters. The molecule has 0 aromatic heterocycles. The zero-order valence-corrected chi connectivity index (χ0v) is 22.7. The van der Waals surface area contributed by atoms with E-state index in [4.69, 9.17) is 11.5 Å². The molecule has 0 saturated carbocycles. The number of ether oxygens (including phenoxy) is 1. The fourth-order valence-electron chi connectivity index (χ4n) is 4.02. The van der Waals surface area contributed by atoms with Gasteiger partial charge in [-0.15, -0.1) is 0 Å². The van der Waals surface area contributed by atoms with Crippen LogP contribution in [0.3, 0.4) is 0 Å². The number of nitrogens with two attached hydrogens (primary N) is 2. The highest BCUT2D eigenvalue weighted by atomic mass is 16.5. The second kappa shape index (κ2) is 15.9. The first-order valence-electron chi connectivity index (χ1n) is 12.9. The summed E-state index contributed by atoms with van der Waals surface area (Å²) in [5, 5.41) is 12.4. The lowest BCUT2D eigenvalue weighted by Crippen LogP contribution is -2.59. The van der Waals surface area contributed by atoms with E-state index in [-0.39, 0.29) is 42.9 Å². The predicted molar refractivity (Wildman–Crippen MR) is 141 cm³/mol. The van der Waals surface area contributed by atoms with Crippen molar-refractivity contribution in [1.82, 2.24) is 10.2 Å². The van der Waals surface area contributed by atoms with E-state index < -0.39 is 35.8 Å². The summed E-state index contributed by atoms with van der Waals surface area (Å²) in [6.45, 7) is 7.63. The Kier molecular flexibility index (Phi) is 13.7. The van der Waals surface area contributed by atoms with Crippen LogP contribution in [0.1, 0.15) is 65.4 Å². The maximum absolute atomic E-state index is 14.0. The van der Waals surface area contributed by atoms with Gasteiger partial charge in [0.15, 0.2) is 0 Å². The van der Waals surface area contributed by atoms with E-state index in [1.807, 2.05) is 27.7 Å². The van der Waals surface area contributed by atoms with Gasteiger partial charge < -0.3 is 31.5 Å². The van der Waals surface area contributed by atoms with Gasteiger partial charge in [0.1, 0.15) is 17.8 Å². The van der Waals surface area contributed by atoms with Crippen LogP contribution in [0.2, 0.25) is 0 Å². The molecule has 0 fully saturated rings. The fraction of sp³-hybridized carbons (Fsp3) is 0.630. The molecule has 0 aliphatic heterocycles. The summed E-state index contributed by atoms with van der Waals surface area (Å²) in [6, 6.07) is 3.66. The molecule has 6 N–H and O–H groups in total. The number of carbonyl (C=O) groups excluding carboxylic acids is 4. The van der Waals surface area contributed by atoms with Crippen molar-refractivity contribution >= 4 is 23.7 Å². The lowest BCUT2D eigenvalue weighted by atomic mass is 9.94. The number of unbranched alkanes of at least 4 members (excludes halogenated alkanes) is 2. The average molecular weight is 521 g/mol. The van der Waals surface area contributed by atoms with E-state index in [1.54, 1.807) is 12.1 Å². The number of primary amides is 1. The van der Waals surface area contributed by atoms with Crippen molar-refractivity contribution in [3.05, 3.63) is 29.8 Å². The largest absolute Gasteiger partial charge is 0.508 e. The van der Waals surface area contributed by atoms with Crippen LogP contribution in [-0.4, -0.2) is 65.5 Å². The second-order valence-electron chi connectivity index (χ2n) is 9.85. The Morgan fingerprint density at radius 3 is 2.19 bits per heavy atom. The molecule has 0 heterocycles. The number of rotatable bonds is 16. The summed E-state index contributed by atoms with van der Waals surface area (Å²) >= 11 is 0. The van der Waals surface area contributed by atoms with Crippen LogP contribution < -0.4 is 16.8 Å². The topological polar surface area (TPSA) is 165 Å². The third-order valence-corrected chi connectivity index (χ3v) is 6.61. The van der Waals surface area contributed by atoms with Gasteiger partial charge in [-0.1, -0.05) is 52.7 Å². The molecule has 10 heteroatoms. The van der Waals surface area contributed by atoms with E-state index in [0.29, 0.717) is 31.2 Å². The van der Waals surface area contributed by atoms with Gasteiger partial charge in [0.2, 0.25) is 17.7 Å². The SMILES string of the molecule is CC[C@H](C)[C@@H](C(N)=O)N(CCCCCC(=O)OC)C(=O)[C@H](Cc1ccc(O)cc1)NC(=O)[C@@H](N)C(C)C. The molecule has 208 valence electrons. The highest BCUT2D eigenvalue weighted by Crippen LogP contribution is 2.20. The number of methoxy groups -OCH3 is 1. The summed E-state index contributed by atoms with van der Waals surface area (Å²) < 4.78 is 4.67. The zero-order chi connectivity index (χ0) is 28.1. The number of aromatic hydroxyl groups is 1. The Morgan fingerprint density at radius 1 is 1.05 bits per heavy atom. The zero-order valence-electron chi connectivity index (χ0n) is 22.7. The fourth-order valence-corrected chi connectivity index (χ4v) is 4.02. The van der Waals surface area contributed by atoms with E-state index in [0.717, 1.165) is 0 Å². The highest BCUT2D eigenvalue weighted by molar-refractivity contribution is 5.93. The minimum Gasteiger partial charge on any atom is -0.508 e. The molecule has 0 radical (unpaired) electrons. The van der Waals surface area contributed by atoms with E-state index in [9.17, 15) is 24.3 Å². The van der Waals surface area contributed by atoms with Crippen LogP contribution in [-0.2, 0) is 30.3 Å². The number of hydrogen-bond donors (Lipinski definition) is 4. The number of benzene rings is 1. The predicted octanol–water partition coefficient (Wildman–Crippen LogP) is 1.86. The third kappa shape index (κ3) is 10.4. The number of esters is 1. The van der Waals surface area contributed by atoms with Crippen molar-refractivity contribution in [3.63, 3.8) is 0 Å². The maximum Gasteiger partial charge on any atom is 0.305 e. The van der Waals surface area contributed by atoms with Crippen LogP contribution in [0.25, 0.3) is 0 Å². The standard InChI is InChI=1S/C27H44N4O6/c1-6-18(4)24(25(29)34)31(15-9-7-8-10-22(33)37-5)27(36)21(30-26(35)23(28)17(2)3)16-19-11-13-20(32)14-12-19/h11-14,17-18,21,23-24,32H,6-10,15-16,28H2,1-5H3,(H2,29,34)(H,30,35)/t18-,21-,23-,24-/m0/s1. The molecule has 0 aliphatic carbocycles. The van der Waals surface area contributed by atoms with E-state index in [1.165, 1.54) is 24.1 Å². The first-order chi connectivity index (χ1) is 17.4. The molecule has 1 aromatic rings. The van der Waals surface area contributed by atoms with Gasteiger partial charge in [0, 0.05) is 19.4 Å². The first kappa shape index (κ1) is 31.9. The lowest BCUT2D eigenvalue weighted by Gasteiger charge is -2.36. The molecule has 1 aromatic carbocycles. The number of hydrogen-bond acceptors (Lipinski definition) is 7. The van der Waals surface area contributed by atoms with Crippen LogP contribution in [0.5, 0.6) is 5.75 Å². The summed E-state index contributed by atoms with van der Waals surface area (Å²) in [5.41, 5.74) is 12.5. The molecule has 0 bridgehead atoms. The van der Waals surface area contributed by atoms with Crippen molar-refractivity contribution in [3.8, 4) is 5.75 Å². The van der Waals surface area contributed by atoms with E-state index in [2.05, 4.69) is 10.1 Å². The Labute approximate surface area is 220 Å². The van der Waals surface area contributed by atoms with Gasteiger partial charge in [-0.05, 0) is 42.4 Å². The Bertz CT molecular complexity index is 889. The summed E-state index contributed by atoms with van der Waals surface area (Å²) in [6.07, 6.45) is 2.78. The van der Waals surface area contributed by atoms with Crippen molar-refractivity contribution in [2.75, 3.05) is 13.7 Å². The number of carbonyl (C=O) groups is 4. The molecule has 1 rings (SSSR count). The molecule has 3 amide bonds. The van der Waals surface area contributed by atoms with Crippen molar-refractivity contribution < 1.29 is 29.0 Å². The minimum atomic E-state index is -0.997. The Hall–Kier alpha value is -3.14. The number of nitrogens with one attached hydrogen (secondary N) is 1. The van der Waals surface area contributed by atoms with Crippen LogP contribution in [0, 0.1) is 11.8 Å². The van der Waals surface area contributed by atoms with Gasteiger partial charge >= 0.3 is 5.97 Å². The number of nitrogens with zero attached hydrogens (tertiary/aromatic N) is 1. The molecule has 0 spiro atoms. The van der Waals surface area contributed by atoms with Crippen LogP contribution in [0.15, 0.2) is 24.3 Å². The van der Waals surface area contributed by atoms with Crippen molar-refractivity contribution in [2.24, 2.45) is 23.3 Å². The van der Waals surface area contributed by atoms with Gasteiger partial charge in [-0.25, -0.2) is 0 Å². The number of phenols is 1. The summed E-state index contributed by atoms with van der Waals surface area (Å²) in [7, 11) is 1.33. The second-order valence-corrected chi connectivity index (χ2v) is 9.85. The van der Waals surface area contributed by atoms with Crippen molar-refractivity contribution in [2.45, 2.75) is 84.3 Å². The van der Waals surface area contributed by atoms with Crippen LogP contribution >= 0.6 is 0 Å². The maximum atomic E-state index is 14.0. The van der Waals surface area contributed by atoms with Gasteiger partial charge in [-0.2, -0.15) is 0 Å². The monoisotopic (exact) mass is 520 g/mol. The van der Waals surface area contributed by atoms with Gasteiger partial charge in [0.05, 0.1) is 13.2 Å². The highest BCUT2D eigenvalue weighted by Gasteiger charge is 2.36. The van der Waals surface area contributed by atoms with Gasteiger partial charge in [-0.3, -0.25) is 19.2 Å². The third-order valence-electron chi connectivity index (χ3n) is 6.61. The van der Waals surface area contributed by atoms with E-state index >= 15 is 0 Å².